The number of aromatic nitrogens is 1. The monoisotopic (exact) mass is 243 g/mol. The SMILES string of the molecule is CCOc1cccc(C(O)c2ccnc(C)c2)c1. The Kier molecular flexibility index (Phi) is 3.95. The molecule has 0 aliphatic carbocycles. The second-order valence-electron chi connectivity index (χ2n) is 4.14. The summed E-state index contributed by atoms with van der Waals surface area (Å²) < 4.78 is 5.43. The quantitative estimate of drug-likeness (QED) is 0.897. The highest BCUT2D eigenvalue weighted by molar-refractivity contribution is 5.35. The van der Waals surface area contributed by atoms with E-state index >= 15 is 0 Å². The van der Waals surface area contributed by atoms with Gasteiger partial charge in [-0.1, -0.05) is 12.1 Å². The van der Waals surface area contributed by atoms with Gasteiger partial charge < -0.3 is 9.84 Å². The zero-order valence-corrected chi connectivity index (χ0v) is 10.6. The minimum Gasteiger partial charge on any atom is -0.494 e. The van der Waals surface area contributed by atoms with Crippen LogP contribution in [0.25, 0.3) is 0 Å². The zero-order chi connectivity index (χ0) is 13.0. The number of rotatable bonds is 4. The van der Waals surface area contributed by atoms with Gasteiger partial charge in [-0.05, 0) is 49.2 Å². The standard InChI is InChI=1S/C15H17NO2/c1-3-18-14-6-4-5-12(10-14)15(17)13-7-8-16-11(2)9-13/h4-10,15,17H,3H2,1-2H3. The Morgan fingerprint density at radius 1 is 1.22 bits per heavy atom. The van der Waals surface area contributed by atoms with Crippen LogP contribution in [0.4, 0.5) is 0 Å². The van der Waals surface area contributed by atoms with Crippen LogP contribution in [-0.4, -0.2) is 16.7 Å². The molecule has 0 aliphatic rings. The van der Waals surface area contributed by atoms with Crippen LogP contribution in [0.1, 0.15) is 29.8 Å². The molecule has 1 unspecified atom stereocenters. The molecule has 2 aromatic rings. The minimum atomic E-state index is -0.646. The Morgan fingerprint density at radius 3 is 2.72 bits per heavy atom. The van der Waals surface area contributed by atoms with Gasteiger partial charge >= 0.3 is 0 Å². The molecule has 1 heterocycles. The van der Waals surface area contributed by atoms with Crippen LogP contribution in [0.2, 0.25) is 0 Å². The molecule has 0 saturated heterocycles. The highest BCUT2D eigenvalue weighted by atomic mass is 16.5. The summed E-state index contributed by atoms with van der Waals surface area (Å²) in [7, 11) is 0. The summed E-state index contributed by atoms with van der Waals surface area (Å²) in [4.78, 5) is 4.13. The molecule has 1 N–H and O–H groups in total. The second-order valence-corrected chi connectivity index (χ2v) is 4.14. The number of aliphatic hydroxyl groups is 1. The third kappa shape index (κ3) is 2.87. The number of ether oxygens (including phenoxy) is 1. The van der Waals surface area contributed by atoms with Crippen molar-refractivity contribution >= 4 is 0 Å². The number of hydrogen-bond acceptors (Lipinski definition) is 3. The Balaban J connectivity index is 2.27. The fourth-order valence-electron chi connectivity index (χ4n) is 1.87. The summed E-state index contributed by atoms with van der Waals surface area (Å²) in [6.45, 7) is 4.47. The fourth-order valence-corrected chi connectivity index (χ4v) is 1.87. The van der Waals surface area contributed by atoms with Crippen LogP contribution in [0.3, 0.4) is 0 Å². The first kappa shape index (κ1) is 12.6. The number of benzene rings is 1. The highest BCUT2D eigenvalue weighted by Gasteiger charge is 2.11. The van der Waals surface area contributed by atoms with E-state index in [0.717, 1.165) is 22.6 Å². The first-order chi connectivity index (χ1) is 8.70. The Labute approximate surface area is 107 Å². The van der Waals surface area contributed by atoms with E-state index in [4.69, 9.17) is 4.74 Å². The van der Waals surface area contributed by atoms with Crippen molar-refractivity contribution in [1.82, 2.24) is 4.98 Å². The smallest absolute Gasteiger partial charge is 0.119 e. The van der Waals surface area contributed by atoms with Crippen molar-refractivity contribution in [2.24, 2.45) is 0 Å². The van der Waals surface area contributed by atoms with Crippen LogP contribution in [0, 0.1) is 6.92 Å². The maximum Gasteiger partial charge on any atom is 0.119 e. The molecule has 0 spiro atoms. The molecule has 0 amide bonds. The van der Waals surface area contributed by atoms with Crippen LogP contribution >= 0.6 is 0 Å². The van der Waals surface area contributed by atoms with E-state index in [-0.39, 0.29) is 0 Å². The fraction of sp³-hybridized carbons (Fsp3) is 0.267. The zero-order valence-electron chi connectivity index (χ0n) is 10.6. The van der Waals surface area contributed by atoms with Gasteiger partial charge in [-0.2, -0.15) is 0 Å². The van der Waals surface area contributed by atoms with E-state index in [1.54, 1.807) is 6.20 Å². The largest absolute Gasteiger partial charge is 0.494 e. The second kappa shape index (κ2) is 5.65. The lowest BCUT2D eigenvalue weighted by atomic mass is 10.0. The van der Waals surface area contributed by atoms with Crippen molar-refractivity contribution in [3.63, 3.8) is 0 Å². The molecular formula is C15H17NO2. The molecule has 1 atom stereocenters. The molecule has 0 bridgehead atoms. The van der Waals surface area contributed by atoms with E-state index in [1.165, 1.54) is 0 Å². The van der Waals surface area contributed by atoms with Gasteiger partial charge in [0.1, 0.15) is 11.9 Å². The van der Waals surface area contributed by atoms with Gasteiger partial charge in [0.15, 0.2) is 0 Å². The summed E-state index contributed by atoms with van der Waals surface area (Å²) in [5, 5.41) is 10.3. The van der Waals surface area contributed by atoms with E-state index < -0.39 is 6.10 Å². The van der Waals surface area contributed by atoms with Gasteiger partial charge in [-0.25, -0.2) is 0 Å². The molecule has 94 valence electrons. The maximum atomic E-state index is 10.3. The van der Waals surface area contributed by atoms with Crippen molar-refractivity contribution in [2.45, 2.75) is 20.0 Å². The van der Waals surface area contributed by atoms with Crippen molar-refractivity contribution in [3.05, 3.63) is 59.4 Å². The first-order valence-corrected chi connectivity index (χ1v) is 6.04. The van der Waals surface area contributed by atoms with E-state index in [0.29, 0.717) is 6.61 Å². The summed E-state index contributed by atoms with van der Waals surface area (Å²) in [5.41, 5.74) is 2.57. The van der Waals surface area contributed by atoms with Gasteiger partial charge in [0, 0.05) is 11.9 Å². The number of pyridine rings is 1. The third-order valence-corrected chi connectivity index (χ3v) is 2.72. The molecule has 0 fully saturated rings. The lowest BCUT2D eigenvalue weighted by Gasteiger charge is -2.13. The van der Waals surface area contributed by atoms with Crippen LogP contribution < -0.4 is 4.74 Å². The molecule has 3 nitrogen and oxygen atoms in total. The number of hydrogen-bond donors (Lipinski definition) is 1. The molecule has 2 rings (SSSR count). The Morgan fingerprint density at radius 2 is 2.00 bits per heavy atom. The van der Waals surface area contributed by atoms with Crippen LogP contribution in [-0.2, 0) is 0 Å². The van der Waals surface area contributed by atoms with Crippen molar-refractivity contribution < 1.29 is 9.84 Å². The third-order valence-electron chi connectivity index (χ3n) is 2.72. The molecule has 1 aromatic carbocycles. The summed E-state index contributed by atoms with van der Waals surface area (Å²) >= 11 is 0. The normalized spacial score (nSPS) is 12.2. The van der Waals surface area contributed by atoms with Crippen molar-refractivity contribution in [3.8, 4) is 5.75 Å². The van der Waals surface area contributed by atoms with Crippen molar-refractivity contribution in [1.29, 1.82) is 0 Å². The summed E-state index contributed by atoms with van der Waals surface area (Å²) in [5.74, 6) is 0.778. The highest BCUT2D eigenvalue weighted by Crippen LogP contribution is 2.25. The molecule has 3 heteroatoms. The average molecular weight is 243 g/mol. The van der Waals surface area contributed by atoms with Gasteiger partial charge in [-0.3, -0.25) is 4.98 Å². The van der Waals surface area contributed by atoms with Gasteiger partial charge in [0.25, 0.3) is 0 Å². The lowest BCUT2D eigenvalue weighted by molar-refractivity contribution is 0.219. The van der Waals surface area contributed by atoms with Crippen molar-refractivity contribution in [2.75, 3.05) is 6.61 Å². The first-order valence-electron chi connectivity index (χ1n) is 6.04. The van der Waals surface area contributed by atoms with E-state index in [1.807, 2.05) is 50.2 Å². The molecule has 18 heavy (non-hydrogen) atoms. The summed E-state index contributed by atoms with van der Waals surface area (Å²) in [6.07, 6.45) is 1.06. The minimum absolute atomic E-state index is 0.619. The number of nitrogens with zero attached hydrogens (tertiary/aromatic N) is 1. The molecule has 0 radical (unpaired) electrons. The predicted octanol–water partition coefficient (Wildman–Crippen LogP) is 2.87. The molecule has 1 aromatic heterocycles. The Hall–Kier alpha value is -1.87. The van der Waals surface area contributed by atoms with Crippen LogP contribution in [0.15, 0.2) is 42.6 Å². The number of aryl methyl sites for hydroxylation is 1. The van der Waals surface area contributed by atoms with E-state index in [2.05, 4.69) is 4.98 Å². The molecule has 0 saturated carbocycles. The number of aliphatic hydroxyl groups excluding tert-OH is 1. The topological polar surface area (TPSA) is 42.4 Å². The molecule has 0 aliphatic heterocycles. The summed E-state index contributed by atoms with van der Waals surface area (Å²) in [6, 6.07) is 11.2. The predicted molar refractivity (Wildman–Crippen MR) is 70.6 cm³/mol. The molecular weight excluding hydrogens is 226 g/mol. The van der Waals surface area contributed by atoms with Gasteiger partial charge in [0.2, 0.25) is 0 Å². The Bertz CT molecular complexity index is 525. The average Bonchev–Trinajstić information content (AvgIpc) is 2.39. The maximum absolute atomic E-state index is 10.3. The van der Waals surface area contributed by atoms with Crippen LogP contribution in [0.5, 0.6) is 5.75 Å². The van der Waals surface area contributed by atoms with Gasteiger partial charge in [-0.15, -0.1) is 0 Å². The van der Waals surface area contributed by atoms with Gasteiger partial charge in [0.05, 0.1) is 6.61 Å². The van der Waals surface area contributed by atoms with E-state index in [9.17, 15) is 5.11 Å². The lowest BCUT2D eigenvalue weighted by Crippen LogP contribution is -2.01.